The van der Waals surface area contributed by atoms with Crippen molar-refractivity contribution in [1.29, 1.82) is 0 Å². The fourth-order valence-electron chi connectivity index (χ4n) is 1.55. The van der Waals surface area contributed by atoms with E-state index in [2.05, 4.69) is 40.1 Å². The minimum Gasteiger partial charge on any atom is -0.299 e. The summed E-state index contributed by atoms with van der Waals surface area (Å²) < 4.78 is 0. The van der Waals surface area contributed by atoms with Gasteiger partial charge in [-0.05, 0) is 24.7 Å². The van der Waals surface area contributed by atoms with E-state index in [1.54, 1.807) is 0 Å². The lowest BCUT2D eigenvalue weighted by atomic mass is 9.80. The first kappa shape index (κ1) is 11.9. The van der Waals surface area contributed by atoms with Crippen LogP contribution in [-0.2, 0) is 4.84 Å². The minimum atomic E-state index is 0.247. The average molecular weight is 173 g/mol. The molecule has 0 aliphatic heterocycles. The highest BCUT2D eigenvalue weighted by Gasteiger charge is 2.27. The summed E-state index contributed by atoms with van der Waals surface area (Å²) in [6.45, 7) is 11.1. The molecule has 0 bridgehead atoms. The maximum absolute atomic E-state index is 5.36. The normalized spacial score (nSPS) is 15.2. The Morgan fingerprint density at radius 2 is 1.75 bits per heavy atom. The third-order valence-electron chi connectivity index (χ3n) is 2.33. The molecule has 0 rings (SSSR count). The van der Waals surface area contributed by atoms with Gasteiger partial charge < -0.3 is 0 Å². The van der Waals surface area contributed by atoms with Crippen molar-refractivity contribution in [2.75, 3.05) is 7.05 Å². The molecule has 0 saturated heterocycles. The highest BCUT2D eigenvalue weighted by atomic mass is 16.7. The standard InChI is InChI=1S/C10H23NO/c1-8(2)7-10(4,5)9(3)12-11-6/h8-9,11H,7H2,1-6H3. The molecular formula is C10H23NO. The van der Waals surface area contributed by atoms with Crippen molar-refractivity contribution >= 4 is 0 Å². The Labute approximate surface area is 76.6 Å². The maximum Gasteiger partial charge on any atom is 0.0812 e. The van der Waals surface area contributed by atoms with Crippen molar-refractivity contribution in [3.05, 3.63) is 0 Å². The number of hydrogen-bond acceptors (Lipinski definition) is 2. The Bertz CT molecular complexity index is 121. The third kappa shape index (κ3) is 4.07. The lowest BCUT2D eigenvalue weighted by Crippen LogP contribution is -2.34. The van der Waals surface area contributed by atoms with Gasteiger partial charge in [-0.15, -0.1) is 0 Å². The molecule has 2 heteroatoms. The van der Waals surface area contributed by atoms with Crippen LogP contribution in [0.2, 0.25) is 0 Å². The van der Waals surface area contributed by atoms with E-state index in [9.17, 15) is 0 Å². The van der Waals surface area contributed by atoms with Crippen LogP contribution in [0.25, 0.3) is 0 Å². The molecule has 0 aliphatic rings. The van der Waals surface area contributed by atoms with Crippen LogP contribution >= 0.6 is 0 Å². The Kier molecular flexibility index (Phi) is 4.80. The maximum atomic E-state index is 5.36. The van der Waals surface area contributed by atoms with Crippen LogP contribution in [0.4, 0.5) is 0 Å². The molecule has 1 N–H and O–H groups in total. The molecule has 0 aromatic rings. The molecule has 0 aromatic carbocycles. The van der Waals surface area contributed by atoms with E-state index in [1.807, 2.05) is 7.05 Å². The molecule has 0 aromatic heterocycles. The quantitative estimate of drug-likeness (QED) is 0.645. The summed E-state index contributed by atoms with van der Waals surface area (Å²) in [4.78, 5) is 5.36. The van der Waals surface area contributed by atoms with Crippen LogP contribution in [0.5, 0.6) is 0 Å². The van der Waals surface area contributed by atoms with Crippen LogP contribution in [0.15, 0.2) is 0 Å². The van der Waals surface area contributed by atoms with E-state index in [0.29, 0.717) is 0 Å². The zero-order chi connectivity index (χ0) is 9.78. The van der Waals surface area contributed by atoms with E-state index in [-0.39, 0.29) is 11.5 Å². The summed E-state index contributed by atoms with van der Waals surface area (Å²) in [5.41, 5.74) is 2.99. The predicted octanol–water partition coefficient (Wildman–Crippen LogP) is 2.60. The molecule has 0 radical (unpaired) electrons. The van der Waals surface area contributed by atoms with Gasteiger partial charge >= 0.3 is 0 Å². The molecule has 12 heavy (non-hydrogen) atoms. The highest BCUT2D eigenvalue weighted by molar-refractivity contribution is 4.76. The van der Waals surface area contributed by atoms with E-state index in [4.69, 9.17) is 4.84 Å². The van der Waals surface area contributed by atoms with E-state index in [1.165, 1.54) is 6.42 Å². The second-order valence-electron chi connectivity index (χ2n) is 4.55. The van der Waals surface area contributed by atoms with E-state index in [0.717, 1.165) is 5.92 Å². The van der Waals surface area contributed by atoms with Gasteiger partial charge in [0.2, 0.25) is 0 Å². The van der Waals surface area contributed by atoms with Crippen molar-refractivity contribution in [2.45, 2.75) is 47.1 Å². The smallest absolute Gasteiger partial charge is 0.0812 e. The van der Waals surface area contributed by atoms with Crippen LogP contribution in [0.3, 0.4) is 0 Å². The predicted molar refractivity (Wildman–Crippen MR) is 52.8 cm³/mol. The first-order chi connectivity index (χ1) is 5.40. The van der Waals surface area contributed by atoms with Crippen molar-refractivity contribution in [1.82, 2.24) is 5.48 Å². The van der Waals surface area contributed by atoms with Gasteiger partial charge in [-0.1, -0.05) is 27.7 Å². The lowest BCUT2D eigenvalue weighted by Gasteiger charge is -2.32. The highest BCUT2D eigenvalue weighted by Crippen LogP contribution is 2.30. The number of hydroxylamine groups is 1. The van der Waals surface area contributed by atoms with Gasteiger partial charge in [-0.2, -0.15) is 0 Å². The zero-order valence-corrected chi connectivity index (χ0v) is 9.27. The minimum absolute atomic E-state index is 0.247. The summed E-state index contributed by atoms with van der Waals surface area (Å²) in [7, 11) is 1.81. The number of rotatable bonds is 5. The summed E-state index contributed by atoms with van der Waals surface area (Å²) >= 11 is 0. The molecule has 74 valence electrons. The SMILES string of the molecule is CNOC(C)C(C)(C)CC(C)C. The lowest BCUT2D eigenvalue weighted by molar-refractivity contribution is -0.0696. The Morgan fingerprint density at radius 1 is 1.25 bits per heavy atom. The fourth-order valence-corrected chi connectivity index (χ4v) is 1.55. The third-order valence-corrected chi connectivity index (χ3v) is 2.33. The van der Waals surface area contributed by atoms with Crippen LogP contribution in [0.1, 0.15) is 41.0 Å². The molecule has 0 amide bonds. The van der Waals surface area contributed by atoms with Gasteiger partial charge in [0.05, 0.1) is 6.10 Å². The van der Waals surface area contributed by atoms with Gasteiger partial charge in [0, 0.05) is 7.05 Å². The molecule has 0 fully saturated rings. The summed E-state index contributed by atoms with van der Waals surface area (Å²) in [5, 5.41) is 0. The number of nitrogens with one attached hydrogen (secondary N) is 1. The molecule has 2 nitrogen and oxygen atoms in total. The van der Waals surface area contributed by atoms with Gasteiger partial charge in [0.1, 0.15) is 0 Å². The monoisotopic (exact) mass is 173 g/mol. The van der Waals surface area contributed by atoms with Crippen LogP contribution in [-0.4, -0.2) is 13.2 Å². The second kappa shape index (κ2) is 4.83. The molecule has 0 heterocycles. The van der Waals surface area contributed by atoms with Crippen molar-refractivity contribution in [3.63, 3.8) is 0 Å². The second-order valence-corrected chi connectivity index (χ2v) is 4.55. The Morgan fingerprint density at radius 3 is 2.08 bits per heavy atom. The zero-order valence-electron chi connectivity index (χ0n) is 9.27. The summed E-state index contributed by atoms with van der Waals surface area (Å²) in [6, 6.07) is 0. The van der Waals surface area contributed by atoms with Gasteiger partial charge in [-0.25, -0.2) is 5.48 Å². The first-order valence-electron chi connectivity index (χ1n) is 4.72. The Balaban J connectivity index is 3.99. The van der Waals surface area contributed by atoms with Gasteiger partial charge in [0.15, 0.2) is 0 Å². The van der Waals surface area contributed by atoms with Crippen LogP contribution in [0, 0.1) is 11.3 Å². The summed E-state index contributed by atoms with van der Waals surface area (Å²) in [5.74, 6) is 0.725. The van der Waals surface area contributed by atoms with Crippen molar-refractivity contribution in [3.8, 4) is 0 Å². The van der Waals surface area contributed by atoms with E-state index >= 15 is 0 Å². The molecule has 0 spiro atoms. The largest absolute Gasteiger partial charge is 0.299 e. The Hall–Kier alpha value is -0.0800. The first-order valence-corrected chi connectivity index (χ1v) is 4.72. The molecule has 1 atom stereocenters. The van der Waals surface area contributed by atoms with Crippen molar-refractivity contribution in [2.24, 2.45) is 11.3 Å². The molecule has 0 saturated carbocycles. The topological polar surface area (TPSA) is 21.3 Å². The van der Waals surface area contributed by atoms with Crippen molar-refractivity contribution < 1.29 is 4.84 Å². The number of hydrogen-bond donors (Lipinski definition) is 1. The molecular weight excluding hydrogens is 150 g/mol. The molecule has 0 aliphatic carbocycles. The molecule has 1 unspecified atom stereocenters. The van der Waals surface area contributed by atoms with Gasteiger partial charge in [0.25, 0.3) is 0 Å². The average Bonchev–Trinajstić information content (AvgIpc) is 1.85. The van der Waals surface area contributed by atoms with Gasteiger partial charge in [-0.3, -0.25) is 4.84 Å². The van der Waals surface area contributed by atoms with Crippen LogP contribution < -0.4 is 5.48 Å². The van der Waals surface area contributed by atoms with E-state index < -0.39 is 0 Å². The summed E-state index contributed by atoms with van der Waals surface area (Å²) in [6.07, 6.45) is 1.44. The fraction of sp³-hybridized carbons (Fsp3) is 1.00.